The summed E-state index contributed by atoms with van der Waals surface area (Å²) in [6.45, 7) is 0. The SMILES string of the molecule is CN1C(=O)C(C(c2ccc(F)cc2)c2ccc(F)cc2)C(=O)N(C)C1=O. The van der Waals surface area contributed by atoms with Crippen molar-refractivity contribution in [1.82, 2.24) is 9.80 Å². The number of barbiturate groups is 1. The molecule has 0 bridgehead atoms. The van der Waals surface area contributed by atoms with E-state index in [9.17, 15) is 23.2 Å². The van der Waals surface area contributed by atoms with Crippen molar-refractivity contribution in [2.45, 2.75) is 5.92 Å². The zero-order chi connectivity index (χ0) is 19.0. The minimum Gasteiger partial charge on any atom is -0.273 e. The monoisotopic (exact) mass is 358 g/mol. The Hall–Kier alpha value is -3.09. The molecule has 3 rings (SSSR count). The van der Waals surface area contributed by atoms with Crippen LogP contribution in [-0.4, -0.2) is 41.7 Å². The van der Waals surface area contributed by atoms with Crippen molar-refractivity contribution < 1.29 is 23.2 Å². The number of amides is 4. The molecule has 0 saturated carbocycles. The Bertz CT molecular complexity index is 796. The lowest BCUT2D eigenvalue weighted by molar-refractivity contribution is -0.148. The molecule has 0 atom stereocenters. The maximum atomic E-state index is 13.3. The molecule has 1 saturated heterocycles. The van der Waals surface area contributed by atoms with Gasteiger partial charge in [0.1, 0.15) is 17.6 Å². The Labute approximate surface area is 148 Å². The van der Waals surface area contributed by atoms with Crippen LogP contribution in [0.15, 0.2) is 48.5 Å². The molecule has 0 aromatic heterocycles. The number of halogens is 2. The van der Waals surface area contributed by atoms with Gasteiger partial charge >= 0.3 is 6.03 Å². The van der Waals surface area contributed by atoms with Gasteiger partial charge in [0, 0.05) is 20.0 Å². The van der Waals surface area contributed by atoms with E-state index in [0.717, 1.165) is 9.80 Å². The normalized spacial score (nSPS) is 16.0. The fraction of sp³-hybridized carbons (Fsp3) is 0.211. The largest absolute Gasteiger partial charge is 0.332 e. The predicted molar refractivity (Wildman–Crippen MR) is 89.1 cm³/mol. The van der Waals surface area contributed by atoms with Crippen LogP contribution in [0, 0.1) is 17.6 Å². The minimum absolute atomic E-state index is 0.461. The third-order valence-electron chi connectivity index (χ3n) is 4.56. The van der Waals surface area contributed by atoms with E-state index < -0.39 is 41.3 Å². The first kappa shape index (κ1) is 17.7. The Morgan fingerprint density at radius 2 is 1.08 bits per heavy atom. The molecule has 26 heavy (non-hydrogen) atoms. The third kappa shape index (κ3) is 2.96. The third-order valence-corrected chi connectivity index (χ3v) is 4.56. The summed E-state index contributed by atoms with van der Waals surface area (Å²) < 4.78 is 26.7. The fourth-order valence-corrected chi connectivity index (χ4v) is 3.14. The topological polar surface area (TPSA) is 57.7 Å². The second-order valence-corrected chi connectivity index (χ2v) is 6.14. The number of hydrogen-bond donors (Lipinski definition) is 0. The Morgan fingerprint density at radius 3 is 1.42 bits per heavy atom. The zero-order valence-electron chi connectivity index (χ0n) is 14.1. The summed E-state index contributed by atoms with van der Waals surface area (Å²) in [6, 6.07) is 10.1. The van der Waals surface area contributed by atoms with E-state index in [1.54, 1.807) is 0 Å². The van der Waals surface area contributed by atoms with Crippen LogP contribution in [0.1, 0.15) is 17.0 Å². The number of hydrogen-bond acceptors (Lipinski definition) is 3. The summed E-state index contributed by atoms with van der Waals surface area (Å²) in [6.07, 6.45) is 0. The molecule has 134 valence electrons. The van der Waals surface area contributed by atoms with E-state index in [-0.39, 0.29) is 0 Å². The van der Waals surface area contributed by atoms with Crippen LogP contribution in [0.25, 0.3) is 0 Å². The summed E-state index contributed by atoms with van der Waals surface area (Å²) in [4.78, 5) is 39.2. The first-order chi connectivity index (χ1) is 12.3. The fourth-order valence-electron chi connectivity index (χ4n) is 3.14. The van der Waals surface area contributed by atoms with Crippen LogP contribution in [0.5, 0.6) is 0 Å². The lowest BCUT2D eigenvalue weighted by atomic mass is 9.78. The van der Waals surface area contributed by atoms with Gasteiger partial charge in [0.15, 0.2) is 0 Å². The smallest absolute Gasteiger partial charge is 0.273 e. The standard InChI is InChI=1S/C19H16F2N2O3/c1-22-17(24)16(18(25)23(2)19(22)26)15(11-3-7-13(20)8-4-11)12-5-9-14(21)10-6-12/h3-10,15-16H,1-2H3. The van der Waals surface area contributed by atoms with Crippen molar-refractivity contribution in [3.05, 3.63) is 71.3 Å². The van der Waals surface area contributed by atoms with E-state index >= 15 is 0 Å². The number of nitrogens with zero attached hydrogens (tertiary/aromatic N) is 2. The van der Waals surface area contributed by atoms with Crippen molar-refractivity contribution in [2.75, 3.05) is 14.1 Å². The second-order valence-electron chi connectivity index (χ2n) is 6.14. The van der Waals surface area contributed by atoms with Crippen molar-refractivity contribution in [3.8, 4) is 0 Å². The highest BCUT2D eigenvalue weighted by Gasteiger charge is 2.47. The number of rotatable bonds is 3. The molecule has 0 spiro atoms. The maximum absolute atomic E-state index is 13.3. The zero-order valence-corrected chi connectivity index (χ0v) is 14.1. The first-order valence-electron chi connectivity index (χ1n) is 7.91. The van der Waals surface area contributed by atoms with Gasteiger partial charge in [-0.2, -0.15) is 0 Å². The van der Waals surface area contributed by atoms with E-state index in [4.69, 9.17) is 0 Å². The molecule has 0 aliphatic carbocycles. The number of imide groups is 2. The summed E-state index contributed by atoms with van der Waals surface area (Å²) in [5, 5.41) is 0. The molecule has 1 aliphatic rings. The van der Waals surface area contributed by atoms with Crippen LogP contribution >= 0.6 is 0 Å². The van der Waals surface area contributed by atoms with Gasteiger partial charge in [0.2, 0.25) is 11.8 Å². The second kappa shape index (κ2) is 6.67. The summed E-state index contributed by atoms with van der Waals surface area (Å²) in [7, 11) is 2.60. The molecule has 1 heterocycles. The highest BCUT2D eigenvalue weighted by molar-refractivity contribution is 6.16. The van der Waals surface area contributed by atoms with E-state index in [2.05, 4.69) is 0 Å². The summed E-state index contributed by atoms with van der Waals surface area (Å²) in [5.41, 5.74) is 1.03. The van der Waals surface area contributed by atoms with Gasteiger partial charge in [-0.1, -0.05) is 24.3 Å². The number of carbonyl (C=O) groups excluding carboxylic acids is 3. The Morgan fingerprint density at radius 1 is 0.731 bits per heavy atom. The molecule has 7 heteroatoms. The Balaban J connectivity index is 2.15. The highest BCUT2D eigenvalue weighted by Crippen LogP contribution is 2.36. The van der Waals surface area contributed by atoms with Gasteiger partial charge < -0.3 is 0 Å². The van der Waals surface area contributed by atoms with Crippen molar-refractivity contribution >= 4 is 17.8 Å². The first-order valence-corrected chi connectivity index (χ1v) is 7.91. The lowest BCUT2D eigenvalue weighted by Gasteiger charge is -2.36. The number of urea groups is 1. The molecule has 0 N–H and O–H groups in total. The van der Waals surface area contributed by atoms with Crippen LogP contribution in [0.3, 0.4) is 0 Å². The number of benzene rings is 2. The van der Waals surface area contributed by atoms with Crippen molar-refractivity contribution in [1.29, 1.82) is 0 Å². The van der Waals surface area contributed by atoms with Crippen LogP contribution in [0.2, 0.25) is 0 Å². The minimum atomic E-state index is -1.21. The van der Waals surface area contributed by atoms with Crippen LogP contribution in [-0.2, 0) is 9.59 Å². The van der Waals surface area contributed by atoms with Crippen molar-refractivity contribution in [3.63, 3.8) is 0 Å². The van der Waals surface area contributed by atoms with Gasteiger partial charge in [0.25, 0.3) is 0 Å². The highest BCUT2D eigenvalue weighted by atomic mass is 19.1. The molecule has 5 nitrogen and oxygen atoms in total. The molecule has 2 aromatic carbocycles. The molecule has 1 fully saturated rings. The summed E-state index contributed by atoms with van der Waals surface area (Å²) in [5.74, 6) is -4.23. The number of carbonyl (C=O) groups is 3. The molecule has 1 aliphatic heterocycles. The molecule has 0 radical (unpaired) electrons. The van der Waals surface area contributed by atoms with E-state index in [0.29, 0.717) is 11.1 Å². The van der Waals surface area contributed by atoms with E-state index in [1.807, 2.05) is 0 Å². The van der Waals surface area contributed by atoms with Gasteiger partial charge in [0.05, 0.1) is 0 Å². The summed E-state index contributed by atoms with van der Waals surface area (Å²) >= 11 is 0. The van der Waals surface area contributed by atoms with Gasteiger partial charge in [-0.05, 0) is 35.4 Å². The van der Waals surface area contributed by atoms with E-state index in [1.165, 1.54) is 62.6 Å². The van der Waals surface area contributed by atoms with Gasteiger partial charge in [-0.3, -0.25) is 19.4 Å². The lowest BCUT2D eigenvalue weighted by Crippen LogP contribution is -2.58. The van der Waals surface area contributed by atoms with Gasteiger partial charge in [-0.25, -0.2) is 13.6 Å². The molecule has 0 unspecified atom stereocenters. The molecular weight excluding hydrogens is 342 g/mol. The Kier molecular flexibility index (Phi) is 4.54. The maximum Gasteiger partial charge on any atom is 0.332 e. The molecule has 2 aromatic rings. The van der Waals surface area contributed by atoms with Crippen molar-refractivity contribution in [2.24, 2.45) is 5.92 Å². The average molecular weight is 358 g/mol. The van der Waals surface area contributed by atoms with Crippen LogP contribution in [0.4, 0.5) is 13.6 Å². The molecular formula is C19H16F2N2O3. The van der Waals surface area contributed by atoms with Crippen LogP contribution < -0.4 is 0 Å². The predicted octanol–water partition coefficient (Wildman–Crippen LogP) is 2.76. The quantitative estimate of drug-likeness (QED) is 0.793. The molecule has 4 amide bonds. The average Bonchev–Trinajstić information content (AvgIpc) is 2.64. The van der Waals surface area contributed by atoms with Gasteiger partial charge in [-0.15, -0.1) is 0 Å².